The van der Waals surface area contributed by atoms with E-state index in [1.807, 2.05) is 19.2 Å². The third-order valence-electron chi connectivity index (χ3n) is 9.78. The molecule has 3 N–H and O–H groups in total. The van der Waals surface area contributed by atoms with Crippen molar-refractivity contribution in [3.8, 4) is 0 Å². The molecular formula is C32H52N6O7S. The molecule has 2 saturated carbocycles. The van der Waals surface area contributed by atoms with E-state index in [-0.39, 0.29) is 30.3 Å². The maximum Gasteiger partial charge on any atom is 0.408 e. The highest BCUT2D eigenvalue weighted by Gasteiger charge is 2.62. The van der Waals surface area contributed by atoms with Gasteiger partial charge in [0.25, 0.3) is 5.91 Å². The molecular weight excluding hydrogens is 612 g/mol. The lowest BCUT2D eigenvalue weighted by molar-refractivity contribution is -0.141. The van der Waals surface area contributed by atoms with Gasteiger partial charge >= 0.3 is 16.3 Å². The summed E-state index contributed by atoms with van der Waals surface area (Å²) in [7, 11) is -2.14. The molecule has 0 aromatic rings. The Labute approximate surface area is 273 Å². The Morgan fingerprint density at radius 3 is 2.35 bits per heavy atom. The number of ether oxygens (including phenoxy) is 1. The highest BCUT2D eigenvalue weighted by Crippen LogP contribution is 2.46. The molecule has 0 bridgehead atoms. The van der Waals surface area contributed by atoms with Crippen molar-refractivity contribution in [1.29, 1.82) is 0 Å². The molecule has 4 amide bonds. The molecule has 4 atom stereocenters. The Morgan fingerprint density at radius 2 is 1.67 bits per heavy atom. The van der Waals surface area contributed by atoms with E-state index in [0.29, 0.717) is 45.1 Å². The molecule has 0 radical (unpaired) electrons. The summed E-state index contributed by atoms with van der Waals surface area (Å²) in [5.41, 5.74) is -2.16. The Bertz CT molecular complexity index is 1300. The van der Waals surface area contributed by atoms with Crippen LogP contribution in [-0.4, -0.2) is 108 Å². The van der Waals surface area contributed by atoms with Crippen molar-refractivity contribution in [2.24, 2.45) is 5.92 Å². The number of alkyl carbamates (subject to hydrolysis) is 1. The van der Waals surface area contributed by atoms with Crippen molar-refractivity contribution in [2.75, 3.05) is 26.7 Å². The number of hydrogen-bond acceptors (Lipinski definition) is 8. The molecule has 0 aromatic heterocycles. The van der Waals surface area contributed by atoms with Crippen molar-refractivity contribution < 1.29 is 32.3 Å². The summed E-state index contributed by atoms with van der Waals surface area (Å²) in [6.45, 7) is 7.16. The fourth-order valence-corrected chi connectivity index (χ4v) is 8.80. The number of fused-ring (bicyclic) bond motifs is 2. The van der Waals surface area contributed by atoms with Gasteiger partial charge in [0, 0.05) is 24.5 Å². The molecule has 4 fully saturated rings. The largest absolute Gasteiger partial charge is 0.444 e. The highest BCUT2D eigenvalue weighted by atomic mass is 32.2. The van der Waals surface area contributed by atoms with Crippen molar-refractivity contribution >= 4 is 34.0 Å². The van der Waals surface area contributed by atoms with Crippen LogP contribution in [0, 0.1) is 5.92 Å². The zero-order valence-electron chi connectivity index (χ0n) is 27.8. The molecule has 4 unspecified atom stereocenters. The second kappa shape index (κ2) is 13.8. The lowest BCUT2D eigenvalue weighted by atomic mass is 10.0. The Balaban J connectivity index is 1.34. The topological polar surface area (TPSA) is 157 Å². The quantitative estimate of drug-likeness (QED) is 0.365. The van der Waals surface area contributed by atoms with Crippen LogP contribution in [0.3, 0.4) is 0 Å². The first kappa shape index (κ1) is 34.6. The number of carbonyl (C=O) groups is 4. The Kier molecular flexibility index (Phi) is 10.4. The minimum atomic E-state index is -4.15. The lowest BCUT2D eigenvalue weighted by Crippen LogP contribution is -2.60. The van der Waals surface area contributed by atoms with E-state index in [0.717, 1.165) is 45.2 Å². The van der Waals surface area contributed by atoms with Crippen molar-refractivity contribution in [1.82, 2.24) is 29.5 Å². The molecule has 5 rings (SSSR count). The van der Waals surface area contributed by atoms with E-state index in [2.05, 4.69) is 20.3 Å². The predicted molar refractivity (Wildman–Crippen MR) is 172 cm³/mol. The first-order valence-corrected chi connectivity index (χ1v) is 18.5. The SMILES string of the molecule is CN1CCC(N(C2CC2)S(=O)(=O)NC(=O)C23CC2/C=C\CCCCCC(NC(=O)OC(C)(C)C)C(=O)N2CCCC2C(=O)N3)CC1. The molecule has 3 aliphatic heterocycles. The standard InChI is InChI=1S/C32H52N6O7S/c1-31(2,3)45-30(42)33-25-12-9-7-5-6-8-11-22-21-32(22,34-27(39)26-13-10-18-37(26)28(25)40)29(41)35-46(43,44)38(23-14-15-23)24-16-19-36(4)20-17-24/h8,11,22-26H,5-7,9-10,12-21H2,1-4H3,(H,33,42)(H,34,39)(H,35,41)/b11-8-. The van der Waals surface area contributed by atoms with Crippen LogP contribution in [-0.2, 0) is 29.3 Å². The number of likely N-dealkylation sites (tertiary alicyclic amines) is 1. The number of nitrogens with one attached hydrogen (secondary N) is 3. The van der Waals surface area contributed by atoms with Gasteiger partial charge in [0.15, 0.2) is 0 Å². The summed E-state index contributed by atoms with van der Waals surface area (Å²) < 4.78 is 36.8. The lowest BCUT2D eigenvalue weighted by Gasteiger charge is -2.36. The zero-order valence-corrected chi connectivity index (χ0v) is 28.6. The van der Waals surface area contributed by atoms with Gasteiger partial charge in [-0.2, -0.15) is 12.7 Å². The summed E-state index contributed by atoms with van der Waals surface area (Å²) in [6, 6.07) is -1.99. The minimum Gasteiger partial charge on any atom is -0.444 e. The van der Waals surface area contributed by atoms with Gasteiger partial charge < -0.3 is 25.2 Å². The molecule has 46 heavy (non-hydrogen) atoms. The zero-order chi connectivity index (χ0) is 33.3. The molecule has 258 valence electrons. The molecule has 2 aliphatic carbocycles. The van der Waals surface area contributed by atoms with Gasteiger partial charge in [-0.15, -0.1) is 0 Å². The van der Waals surface area contributed by atoms with Crippen molar-refractivity contribution in [2.45, 2.75) is 133 Å². The number of piperidine rings is 1. The maximum atomic E-state index is 13.9. The fraction of sp³-hybridized carbons (Fsp3) is 0.812. The molecule has 0 spiro atoms. The fourth-order valence-electron chi connectivity index (χ4n) is 7.07. The molecule has 0 aromatic carbocycles. The van der Waals surface area contributed by atoms with Crippen LogP contribution in [0.25, 0.3) is 0 Å². The number of amides is 4. The van der Waals surface area contributed by atoms with E-state index in [1.165, 1.54) is 9.21 Å². The molecule has 14 heteroatoms. The number of nitrogens with zero attached hydrogens (tertiary/aromatic N) is 3. The van der Waals surface area contributed by atoms with Crippen LogP contribution in [0.2, 0.25) is 0 Å². The smallest absolute Gasteiger partial charge is 0.408 e. The summed E-state index contributed by atoms with van der Waals surface area (Å²) in [5, 5.41) is 5.64. The van der Waals surface area contributed by atoms with Crippen LogP contribution < -0.4 is 15.4 Å². The van der Waals surface area contributed by atoms with Crippen molar-refractivity contribution in [3.05, 3.63) is 12.2 Å². The van der Waals surface area contributed by atoms with Gasteiger partial charge in [0.1, 0.15) is 23.2 Å². The van der Waals surface area contributed by atoms with E-state index >= 15 is 0 Å². The normalized spacial score (nSPS) is 31.2. The van der Waals surface area contributed by atoms with Gasteiger partial charge in [-0.1, -0.05) is 25.0 Å². The average Bonchev–Trinajstić information content (AvgIpc) is 3.86. The monoisotopic (exact) mass is 664 g/mol. The maximum absolute atomic E-state index is 13.9. The van der Waals surface area contributed by atoms with Crippen LogP contribution in [0.1, 0.15) is 97.8 Å². The molecule has 2 saturated heterocycles. The Hall–Kier alpha value is -2.71. The third-order valence-corrected chi connectivity index (χ3v) is 11.4. The number of hydrogen-bond donors (Lipinski definition) is 3. The number of allylic oxidation sites excluding steroid dienone is 1. The van der Waals surface area contributed by atoms with E-state index in [9.17, 15) is 27.6 Å². The van der Waals surface area contributed by atoms with Crippen LogP contribution >= 0.6 is 0 Å². The second-order valence-corrected chi connectivity index (χ2v) is 16.3. The van der Waals surface area contributed by atoms with E-state index < -0.39 is 51.3 Å². The van der Waals surface area contributed by atoms with Crippen LogP contribution in [0.15, 0.2) is 12.2 Å². The molecule has 5 aliphatic rings. The van der Waals surface area contributed by atoms with Crippen molar-refractivity contribution in [3.63, 3.8) is 0 Å². The molecule has 3 heterocycles. The van der Waals surface area contributed by atoms with Gasteiger partial charge in [0.2, 0.25) is 11.8 Å². The summed E-state index contributed by atoms with van der Waals surface area (Å²) in [4.78, 5) is 57.9. The van der Waals surface area contributed by atoms with Gasteiger partial charge in [-0.05, 0) is 105 Å². The third kappa shape index (κ3) is 8.22. The first-order chi connectivity index (χ1) is 21.7. The van der Waals surface area contributed by atoms with Crippen LogP contribution in [0.5, 0.6) is 0 Å². The average molecular weight is 665 g/mol. The molecule has 13 nitrogen and oxygen atoms in total. The highest BCUT2D eigenvalue weighted by molar-refractivity contribution is 7.87. The van der Waals surface area contributed by atoms with Crippen LogP contribution in [0.4, 0.5) is 4.79 Å². The first-order valence-electron chi connectivity index (χ1n) is 17.0. The van der Waals surface area contributed by atoms with E-state index in [4.69, 9.17) is 4.74 Å². The summed E-state index contributed by atoms with van der Waals surface area (Å²) in [5.74, 6) is -1.95. The van der Waals surface area contributed by atoms with Gasteiger partial charge in [-0.25, -0.2) is 9.52 Å². The van der Waals surface area contributed by atoms with Gasteiger partial charge in [0.05, 0.1) is 0 Å². The number of rotatable bonds is 6. The van der Waals surface area contributed by atoms with Gasteiger partial charge in [-0.3, -0.25) is 14.4 Å². The summed E-state index contributed by atoms with van der Waals surface area (Å²) in [6.07, 6.45) is 10.9. The van der Waals surface area contributed by atoms with E-state index in [1.54, 1.807) is 20.8 Å². The predicted octanol–water partition coefficient (Wildman–Crippen LogP) is 2.19. The number of carbonyl (C=O) groups excluding carboxylic acids is 4. The Morgan fingerprint density at radius 1 is 0.978 bits per heavy atom. The summed E-state index contributed by atoms with van der Waals surface area (Å²) >= 11 is 0. The minimum absolute atomic E-state index is 0.117. The second-order valence-electron chi connectivity index (χ2n) is 14.8.